The molecular weight excluding hydrogens is 289 g/mol. The highest BCUT2D eigenvalue weighted by atomic mass is 16.3. The van der Waals surface area contributed by atoms with Crippen molar-refractivity contribution in [3.05, 3.63) is 23.3 Å². The molecule has 1 aliphatic heterocycles. The molecule has 1 atom stereocenters. The van der Waals surface area contributed by atoms with Crippen LogP contribution in [0, 0.1) is 11.2 Å². The molecule has 0 saturated carbocycles. The fourth-order valence-electron chi connectivity index (χ4n) is 3.42. The third-order valence-corrected chi connectivity index (χ3v) is 4.58. The van der Waals surface area contributed by atoms with Crippen LogP contribution in [-0.4, -0.2) is 43.8 Å². The standard InChI is InChI=1S/C17H24BN3O2/c1-5-21-14(8-18(3)11-19)9-20(4)16-7-15(12(2)23)13(10-22)6-17(16)21/h6-7,14,22H,5,8-10H2,1-4H3. The molecule has 2 rings (SSSR count). The van der Waals surface area contributed by atoms with Gasteiger partial charge in [-0.05, 0) is 37.9 Å². The van der Waals surface area contributed by atoms with Crippen molar-refractivity contribution >= 4 is 23.9 Å². The second-order valence-corrected chi connectivity index (χ2v) is 6.30. The van der Waals surface area contributed by atoms with Gasteiger partial charge in [0.05, 0.1) is 18.0 Å². The summed E-state index contributed by atoms with van der Waals surface area (Å²) in [5, 5.41) is 18.7. The first-order chi connectivity index (χ1) is 10.9. The van der Waals surface area contributed by atoms with E-state index in [1.807, 2.05) is 26.0 Å². The van der Waals surface area contributed by atoms with Crippen molar-refractivity contribution in [3.63, 3.8) is 0 Å². The average molecular weight is 313 g/mol. The number of aliphatic hydroxyl groups excluding tert-OH is 1. The molecule has 6 heteroatoms. The highest BCUT2D eigenvalue weighted by molar-refractivity contribution is 6.65. The van der Waals surface area contributed by atoms with E-state index in [1.165, 1.54) is 6.92 Å². The van der Waals surface area contributed by atoms with Gasteiger partial charge < -0.3 is 14.9 Å². The summed E-state index contributed by atoms with van der Waals surface area (Å²) >= 11 is 0. The lowest BCUT2D eigenvalue weighted by atomic mass is 9.49. The predicted octanol–water partition coefficient (Wildman–Crippen LogP) is 2.21. The average Bonchev–Trinajstić information content (AvgIpc) is 2.53. The van der Waals surface area contributed by atoms with Gasteiger partial charge in [-0.15, -0.1) is 0 Å². The molecule has 122 valence electrons. The molecular formula is C17H24BN3O2. The first-order valence-electron chi connectivity index (χ1n) is 8.09. The molecule has 1 aliphatic rings. The molecule has 5 nitrogen and oxygen atoms in total. The number of anilines is 2. The Kier molecular flexibility index (Phi) is 5.32. The molecule has 0 fully saturated rings. The molecule has 1 unspecified atom stereocenters. The van der Waals surface area contributed by atoms with E-state index in [0.29, 0.717) is 11.1 Å². The summed E-state index contributed by atoms with van der Waals surface area (Å²) in [6.07, 6.45) is 0.803. The summed E-state index contributed by atoms with van der Waals surface area (Å²) in [4.78, 5) is 16.3. The third kappa shape index (κ3) is 3.35. The predicted molar refractivity (Wildman–Crippen MR) is 94.5 cm³/mol. The van der Waals surface area contributed by atoms with Crippen LogP contribution in [0.2, 0.25) is 13.1 Å². The van der Waals surface area contributed by atoms with E-state index in [0.717, 1.165) is 30.8 Å². The van der Waals surface area contributed by atoms with Gasteiger partial charge in [-0.1, -0.05) is 6.82 Å². The smallest absolute Gasteiger partial charge is 0.266 e. The minimum absolute atomic E-state index is 0.00203. The number of Topliss-reactive ketones (excluding diaryl/α,β-unsaturated/α-hetero) is 1. The van der Waals surface area contributed by atoms with Crippen molar-refractivity contribution < 1.29 is 9.90 Å². The number of carbonyl (C=O) groups is 1. The van der Waals surface area contributed by atoms with Crippen LogP contribution in [0.1, 0.15) is 29.8 Å². The molecule has 0 amide bonds. The van der Waals surface area contributed by atoms with Crippen LogP contribution in [0.4, 0.5) is 11.4 Å². The number of hydrogen-bond acceptors (Lipinski definition) is 5. The van der Waals surface area contributed by atoms with Crippen LogP contribution >= 0.6 is 0 Å². The van der Waals surface area contributed by atoms with Crippen molar-refractivity contribution in [3.8, 4) is 5.97 Å². The highest BCUT2D eigenvalue weighted by Gasteiger charge is 2.31. The van der Waals surface area contributed by atoms with E-state index in [-0.39, 0.29) is 25.1 Å². The van der Waals surface area contributed by atoms with Crippen LogP contribution < -0.4 is 9.80 Å². The maximum Gasteiger partial charge on any atom is 0.266 e. The molecule has 1 heterocycles. The molecule has 0 aromatic heterocycles. The van der Waals surface area contributed by atoms with Crippen LogP contribution in [0.5, 0.6) is 0 Å². The van der Waals surface area contributed by atoms with E-state index in [2.05, 4.69) is 22.7 Å². The topological polar surface area (TPSA) is 67.6 Å². The number of nitriles is 1. The molecule has 0 aliphatic carbocycles. The number of fused-ring (bicyclic) bond motifs is 1. The highest BCUT2D eigenvalue weighted by Crippen LogP contribution is 2.38. The Balaban J connectivity index is 2.49. The maximum atomic E-state index is 11.8. The van der Waals surface area contributed by atoms with Crippen molar-refractivity contribution in [1.82, 2.24) is 0 Å². The zero-order chi connectivity index (χ0) is 17.1. The summed E-state index contributed by atoms with van der Waals surface area (Å²) in [5.74, 6) is 2.28. The van der Waals surface area contributed by atoms with Gasteiger partial charge in [0.25, 0.3) is 6.71 Å². The molecule has 1 N–H and O–H groups in total. The summed E-state index contributed by atoms with van der Waals surface area (Å²) in [6.45, 7) is 7.06. The van der Waals surface area contributed by atoms with Crippen molar-refractivity contribution in [1.29, 1.82) is 5.26 Å². The number of carbonyl (C=O) groups excluding carboxylic acids is 1. The van der Waals surface area contributed by atoms with Gasteiger partial charge in [0.2, 0.25) is 0 Å². The van der Waals surface area contributed by atoms with E-state index >= 15 is 0 Å². The van der Waals surface area contributed by atoms with Crippen LogP contribution in [0.3, 0.4) is 0 Å². The first-order valence-corrected chi connectivity index (χ1v) is 8.09. The normalized spacial score (nSPS) is 16.8. The van der Waals surface area contributed by atoms with Crippen LogP contribution in [0.15, 0.2) is 12.1 Å². The Hall–Kier alpha value is -2.00. The Labute approximate surface area is 138 Å². The quantitative estimate of drug-likeness (QED) is 0.667. The zero-order valence-electron chi connectivity index (χ0n) is 14.3. The Morgan fingerprint density at radius 2 is 2.17 bits per heavy atom. The fraction of sp³-hybridized carbons (Fsp3) is 0.529. The van der Waals surface area contributed by atoms with E-state index < -0.39 is 0 Å². The molecule has 23 heavy (non-hydrogen) atoms. The van der Waals surface area contributed by atoms with Gasteiger partial charge in [0.15, 0.2) is 5.78 Å². The summed E-state index contributed by atoms with van der Waals surface area (Å²) in [7, 11) is 2.01. The molecule has 0 radical (unpaired) electrons. The Morgan fingerprint density at radius 1 is 1.48 bits per heavy atom. The van der Waals surface area contributed by atoms with E-state index in [9.17, 15) is 9.90 Å². The summed E-state index contributed by atoms with van der Waals surface area (Å²) in [5.41, 5.74) is 3.29. The number of rotatable bonds is 5. The molecule has 1 aromatic rings. The lowest BCUT2D eigenvalue weighted by Crippen LogP contribution is -2.49. The van der Waals surface area contributed by atoms with Crippen LogP contribution in [-0.2, 0) is 6.61 Å². The van der Waals surface area contributed by atoms with Gasteiger partial charge in [-0.2, -0.15) is 0 Å². The minimum Gasteiger partial charge on any atom is -0.392 e. The Bertz CT molecular complexity index is 641. The van der Waals surface area contributed by atoms with Gasteiger partial charge >= 0.3 is 0 Å². The molecule has 0 saturated heterocycles. The monoisotopic (exact) mass is 313 g/mol. The van der Waals surface area contributed by atoms with Crippen molar-refractivity contribution in [2.24, 2.45) is 0 Å². The number of nitrogens with zero attached hydrogens (tertiary/aromatic N) is 3. The zero-order valence-corrected chi connectivity index (χ0v) is 14.3. The van der Waals surface area contributed by atoms with Crippen molar-refractivity contribution in [2.75, 3.05) is 29.9 Å². The number of likely N-dealkylation sites (N-methyl/N-ethyl adjacent to an activating group) is 2. The van der Waals surface area contributed by atoms with E-state index in [1.54, 1.807) is 0 Å². The maximum absolute atomic E-state index is 11.8. The van der Waals surface area contributed by atoms with Gasteiger partial charge in [-0.3, -0.25) is 4.79 Å². The summed E-state index contributed by atoms with van der Waals surface area (Å²) in [6, 6.07) is 4.06. The Morgan fingerprint density at radius 3 is 2.70 bits per heavy atom. The van der Waals surface area contributed by atoms with Gasteiger partial charge in [0.1, 0.15) is 0 Å². The lowest BCUT2D eigenvalue weighted by molar-refractivity contribution is 0.101. The largest absolute Gasteiger partial charge is 0.392 e. The molecule has 0 spiro atoms. The van der Waals surface area contributed by atoms with E-state index in [4.69, 9.17) is 5.26 Å². The SMILES string of the molecule is CCN1c2cc(CO)c(C(C)=O)cc2N(C)CC1CB(C)C#N. The number of aliphatic hydroxyl groups is 1. The lowest BCUT2D eigenvalue weighted by Gasteiger charge is -2.44. The summed E-state index contributed by atoms with van der Waals surface area (Å²) < 4.78 is 0. The second-order valence-electron chi connectivity index (χ2n) is 6.30. The molecule has 0 bridgehead atoms. The third-order valence-electron chi connectivity index (χ3n) is 4.58. The minimum atomic E-state index is -0.150. The van der Waals surface area contributed by atoms with Crippen molar-refractivity contribution in [2.45, 2.75) is 39.6 Å². The second kappa shape index (κ2) is 7.05. The van der Waals surface area contributed by atoms with Gasteiger partial charge in [0, 0.05) is 37.7 Å². The van der Waals surface area contributed by atoms with Crippen LogP contribution in [0.25, 0.3) is 0 Å². The number of hydrogen-bond donors (Lipinski definition) is 1. The number of benzene rings is 1. The van der Waals surface area contributed by atoms with Gasteiger partial charge in [-0.25, -0.2) is 5.26 Å². The number of ketones is 1. The molecule has 1 aromatic carbocycles. The fourth-order valence-corrected chi connectivity index (χ4v) is 3.42. The first kappa shape index (κ1) is 17.4.